The van der Waals surface area contributed by atoms with Crippen LogP contribution in [-0.2, 0) is 4.74 Å². The number of carbonyl (C=O) groups is 1. The topological polar surface area (TPSA) is 39.2 Å². The van der Waals surface area contributed by atoms with Crippen LogP contribution in [0.5, 0.6) is 0 Å². The normalized spacial score (nSPS) is 15.1. The molecule has 0 atom stereocenters. The number of pyridine rings is 1. The van der Waals surface area contributed by atoms with Gasteiger partial charge >= 0.3 is 5.97 Å². The van der Waals surface area contributed by atoms with Crippen LogP contribution in [0.25, 0.3) is 0 Å². The summed E-state index contributed by atoms with van der Waals surface area (Å²) >= 11 is 5.92. The van der Waals surface area contributed by atoms with E-state index in [1.807, 2.05) is 6.07 Å². The molecule has 0 amide bonds. The Bertz CT molecular complexity index is 388. The minimum Gasteiger partial charge on any atom is -0.462 e. The maximum atomic E-state index is 11.4. The molecule has 0 bridgehead atoms. The number of aromatic nitrogens is 1. The van der Waals surface area contributed by atoms with Crippen molar-refractivity contribution >= 4 is 17.6 Å². The first-order valence-corrected chi connectivity index (χ1v) is 5.43. The molecule has 0 N–H and O–H groups in total. The first-order valence-electron chi connectivity index (χ1n) is 5.06. The molecule has 0 aliphatic heterocycles. The Labute approximate surface area is 93.4 Å². The highest BCUT2D eigenvalue weighted by Gasteiger charge is 2.26. The number of esters is 1. The van der Waals surface area contributed by atoms with E-state index in [1.165, 1.54) is 12.8 Å². The second-order valence-corrected chi connectivity index (χ2v) is 3.93. The van der Waals surface area contributed by atoms with E-state index < -0.39 is 5.97 Å². The van der Waals surface area contributed by atoms with E-state index in [-0.39, 0.29) is 5.15 Å². The van der Waals surface area contributed by atoms with Gasteiger partial charge in [-0.1, -0.05) is 11.6 Å². The lowest BCUT2D eigenvalue weighted by molar-refractivity contribution is 0.0526. The molecular formula is C11H12ClNO2. The average molecular weight is 226 g/mol. The average Bonchev–Trinajstić information content (AvgIpc) is 3.01. The highest BCUT2D eigenvalue weighted by atomic mass is 35.5. The van der Waals surface area contributed by atoms with E-state index >= 15 is 0 Å². The van der Waals surface area contributed by atoms with Gasteiger partial charge in [-0.2, -0.15) is 0 Å². The van der Waals surface area contributed by atoms with E-state index in [2.05, 4.69) is 4.98 Å². The van der Waals surface area contributed by atoms with Crippen LogP contribution in [0.4, 0.5) is 0 Å². The second-order valence-electron chi connectivity index (χ2n) is 3.57. The molecule has 80 valence electrons. The van der Waals surface area contributed by atoms with Crippen molar-refractivity contribution in [3.05, 3.63) is 28.5 Å². The lowest BCUT2D eigenvalue weighted by Crippen LogP contribution is -2.06. The zero-order valence-electron chi connectivity index (χ0n) is 8.50. The van der Waals surface area contributed by atoms with Gasteiger partial charge in [0, 0.05) is 11.6 Å². The van der Waals surface area contributed by atoms with E-state index in [9.17, 15) is 4.79 Å². The molecule has 0 saturated heterocycles. The summed E-state index contributed by atoms with van der Waals surface area (Å²) in [4.78, 5) is 15.6. The van der Waals surface area contributed by atoms with Gasteiger partial charge in [-0.05, 0) is 31.9 Å². The number of hydrogen-bond donors (Lipinski definition) is 0. The van der Waals surface area contributed by atoms with Crippen LogP contribution in [0.1, 0.15) is 41.7 Å². The molecule has 2 rings (SSSR count). The smallest absolute Gasteiger partial charge is 0.341 e. The number of halogens is 1. The van der Waals surface area contributed by atoms with Crippen molar-refractivity contribution < 1.29 is 9.53 Å². The summed E-state index contributed by atoms with van der Waals surface area (Å²) in [5.41, 5.74) is 1.33. The predicted molar refractivity (Wildman–Crippen MR) is 57.2 cm³/mol. The SMILES string of the molecule is CCOC(=O)c1ccc(C2CC2)nc1Cl. The highest BCUT2D eigenvalue weighted by Crippen LogP contribution is 2.39. The van der Waals surface area contributed by atoms with E-state index in [0.29, 0.717) is 18.1 Å². The molecule has 0 aromatic carbocycles. The quantitative estimate of drug-likeness (QED) is 0.587. The van der Waals surface area contributed by atoms with E-state index in [0.717, 1.165) is 5.69 Å². The Morgan fingerprint density at radius 1 is 1.60 bits per heavy atom. The summed E-state index contributed by atoms with van der Waals surface area (Å²) in [6.45, 7) is 2.11. The highest BCUT2D eigenvalue weighted by molar-refractivity contribution is 6.32. The molecule has 0 radical (unpaired) electrons. The van der Waals surface area contributed by atoms with Crippen LogP contribution in [-0.4, -0.2) is 17.6 Å². The minimum absolute atomic E-state index is 0.248. The standard InChI is InChI=1S/C11H12ClNO2/c1-2-15-11(14)8-5-6-9(7-3-4-7)13-10(8)12/h5-7H,2-4H2,1H3. The van der Waals surface area contributed by atoms with E-state index in [4.69, 9.17) is 16.3 Å². The Kier molecular flexibility index (Phi) is 2.91. The maximum Gasteiger partial charge on any atom is 0.341 e. The van der Waals surface area contributed by atoms with Crippen LogP contribution in [0.2, 0.25) is 5.15 Å². The molecule has 1 aliphatic carbocycles. The van der Waals surface area contributed by atoms with Crippen molar-refractivity contribution in [2.75, 3.05) is 6.61 Å². The number of nitrogens with zero attached hydrogens (tertiary/aromatic N) is 1. The van der Waals surface area contributed by atoms with Gasteiger partial charge in [0.15, 0.2) is 0 Å². The maximum absolute atomic E-state index is 11.4. The first-order chi connectivity index (χ1) is 7.22. The Balaban J connectivity index is 2.21. The van der Waals surface area contributed by atoms with Crippen LogP contribution in [0, 0.1) is 0 Å². The molecule has 1 fully saturated rings. The third-order valence-electron chi connectivity index (χ3n) is 2.36. The van der Waals surface area contributed by atoms with Gasteiger partial charge in [0.1, 0.15) is 5.15 Å². The zero-order chi connectivity index (χ0) is 10.8. The van der Waals surface area contributed by atoms with Gasteiger partial charge in [-0.3, -0.25) is 0 Å². The van der Waals surface area contributed by atoms with Crippen molar-refractivity contribution in [1.29, 1.82) is 0 Å². The van der Waals surface area contributed by atoms with Crippen LogP contribution < -0.4 is 0 Å². The third-order valence-corrected chi connectivity index (χ3v) is 2.65. The third kappa shape index (κ3) is 2.29. The molecule has 3 nitrogen and oxygen atoms in total. The summed E-state index contributed by atoms with van der Waals surface area (Å²) in [5.74, 6) is 0.135. The van der Waals surface area contributed by atoms with Gasteiger partial charge < -0.3 is 4.74 Å². The molecule has 0 spiro atoms. The Morgan fingerprint density at radius 3 is 2.87 bits per heavy atom. The van der Waals surface area contributed by atoms with Crippen LogP contribution in [0.15, 0.2) is 12.1 Å². The van der Waals surface area contributed by atoms with Gasteiger partial charge in [0.05, 0.1) is 12.2 Å². The molecule has 0 unspecified atom stereocenters. The number of carbonyl (C=O) groups excluding carboxylic acids is 1. The molecule has 1 aliphatic rings. The van der Waals surface area contributed by atoms with Gasteiger partial charge in [-0.25, -0.2) is 9.78 Å². The molecule has 1 aromatic heterocycles. The van der Waals surface area contributed by atoms with Crippen LogP contribution in [0.3, 0.4) is 0 Å². The summed E-state index contributed by atoms with van der Waals surface area (Å²) in [6.07, 6.45) is 2.34. The monoisotopic (exact) mass is 225 g/mol. The van der Waals surface area contributed by atoms with Crippen molar-refractivity contribution in [3.8, 4) is 0 Å². The van der Waals surface area contributed by atoms with Crippen molar-refractivity contribution in [1.82, 2.24) is 4.98 Å². The lowest BCUT2D eigenvalue weighted by Gasteiger charge is -2.04. The molecule has 4 heteroatoms. The summed E-state index contributed by atoms with van der Waals surface area (Å²) in [6, 6.07) is 3.55. The van der Waals surface area contributed by atoms with Gasteiger partial charge in [0.2, 0.25) is 0 Å². The van der Waals surface area contributed by atoms with E-state index in [1.54, 1.807) is 13.0 Å². The Morgan fingerprint density at radius 2 is 2.33 bits per heavy atom. The minimum atomic E-state index is -0.405. The largest absolute Gasteiger partial charge is 0.462 e. The molecular weight excluding hydrogens is 214 g/mol. The lowest BCUT2D eigenvalue weighted by atomic mass is 10.2. The van der Waals surface area contributed by atoms with Crippen molar-refractivity contribution in [2.45, 2.75) is 25.7 Å². The summed E-state index contributed by atoms with van der Waals surface area (Å²) < 4.78 is 4.86. The van der Waals surface area contributed by atoms with Crippen LogP contribution >= 0.6 is 11.6 Å². The molecule has 1 saturated carbocycles. The van der Waals surface area contributed by atoms with Crippen molar-refractivity contribution in [2.24, 2.45) is 0 Å². The van der Waals surface area contributed by atoms with Gasteiger partial charge in [-0.15, -0.1) is 0 Å². The Hall–Kier alpha value is -1.09. The first kappa shape index (κ1) is 10.4. The molecule has 15 heavy (non-hydrogen) atoms. The fourth-order valence-electron chi connectivity index (χ4n) is 1.42. The number of ether oxygens (including phenoxy) is 1. The zero-order valence-corrected chi connectivity index (χ0v) is 9.25. The molecule has 1 aromatic rings. The summed E-state index contributed by atoms with van der Waals surface area (Å²) in [7, 11) is 0. The van der Waals surface area contributed by atoms with Gasteiger partial charge in [0.25, 0.3) is 0 Å². The second kappa shape index (κ2) is 4.19. The number of hydrogen-bond acceptors (Lipinski definition) is 3. The molecule has 1 heterocycles. The fraction of sp³-hybridized carbons (Fsp3) is 0.455. The predicted octanol–water partition coefficient (Wildman–Crippen LogP) is 2.79. The number of rotatable bonds is 3. The fourth-order valence-corrected chi connectivity index (χ4v) is 1.65. The van der Waals surface area contributed by atoms with Crippen molar-refractivity contribution in [3.63, 3.8) is 0 Å². The summed E-state index contributed by atoms with van der Waals surface area (Å²) in [5, 5.41) is 0.248.